The third kappa shape index (κ3) is 4.26. The summed E-state index contributed by atoms with van der Waals surface area (Å²) in [6.45, 7) is 9.45. The van der Waals surface area contributed by atoms with E-state index in [1.165, 1.54) is 0 Å². The lowest BCUT2D eigenvalue weighted by atomic mass is 9.83. The van der Waals surface area contributed by atoms with Gasteiger partial charge in [-0.2, -0.15) is 0 Å². The van der Waals surface area contributed by atoms with E-state index >= 15 is 0 Å². The van der Waals surface area contributed by atoms with Gasteiger partial charge < -0.3 is 15.2 Å². The normalized spacial score (nSPS) is 20.7. The molecule has 2 N–H and O–H groups in total. The highest BCUT2D eigenvalue weighted by molar-refractivity contribution is 5.93. The number of amides is 1. The maximum atomic E-state index is 14.0. The zero-order chi connectivity index (χ0) is 22.9. The highest BCUT2D eigenvalue weighted by atomic mass is 16.5. The van der Waals surface area contributed by atoms with E-state index in [0.29, 0.717) is 13.2 Å². The fraction of sp³-hybridized carbons (Fsp3) is 0.444. The average molecular weight is 435 g/mol. The molecule has 5 nitrogen and oxygen atoms in total. The molecule has 1 saturated carbocycles. The summed E-state index contributed by atoms with van der Waals surface area (Å²) in [4.78, 5) is 15.9. The smallest absolute Gasteiger partial charge is 0.258 e. The maximum absolute atomic E-state index is 14.0. The first-order valence-corrected chi connectivity index (χ1v) is 11.6. The lowest BCUT2D eigenvalue weighted by molar-refractivity contribution is -0.133. The van der Waals surface area contributed by atoms with Crippen LogP contribution in [0.2, 0.25) is 0 Å². The summed E-state index contributed by atoms with van der Waals surface area (Å²) in [6, 6.07) is 15.5. The second-order valence-electron chi connectivity index (χ2n) is 9.42. The van der Waals surface area contributed by atoms with Crippen molar-refractivity contribution in [2.75, 3.05) is 13.2 Å². The summed E-state index contributed by atoms with van der Waals surface area (Å²) in [5.41, 5.74) is 3.29. The molecule has 32 heavy (non-hydrogen) atoms. The third-order valence-electron chi connectivity index (χ3n) is 6.31. The summed E-state index contributed by atoms with van der Waals surface area (Å²) in [6.07, 6.45) is 3.06. The highest BCUT2D eigenvalue weighted by Gasteiger charge is 2.58. The molecular weight excluding hydrogens is 400 g/mol. The Hall–Kier alpha value is -2.79. The van der Waals surface area contributed by atoms with Crippen molar-refractivity contribution >= 4 is 5.91 Å². The van der Waals surface area contributed by atoms with Gasteiger partial charge in [0.2, 0.25) is 0 Å². The van der Waals surface area contributed by atoms with Crippen molar-refractivity contribution in [3.63, 3.8) is 0 Å². The van der Waals surface area contributed by atoms with Gasteiger partial charge in [-0.25, -0.2) is 0 Å². The Labute approximate surface area is 191 Å². The fourth-order valence-corrected chi connectivity index (χ4v) is 4.63. The Kier molecular flexibility index (Phi) is 6.29. The summed E-state index contributed by atoms with van der Waals surface area (Å²) >= 11 is 0. The summed E-state index contributed by atoms with van der Waals surface area (Å²) in [7, 11) is 0. The van der Waals surface area contributed by atoms with Gasteiger partial charge >= 0.3 is 0 Å². The number of nitrogens with one attached hydrogen (secondary N) is 1. The number of hydrogen-bond acceptors (Lipinski definition) is 4. The predicted molar refractivity (Wildman–Crippen MR) is 127 cm³/mol. The first-order chi connectivity index (χ1) is 15.3. The van der Waals surface area contributed by atoms with Crippen molar-refractivity contribution < 1.29 is 14.6 Å². The first-order valence-electron chi connectivity index (χ1n) is 11.6. The predicted octanol–water partition coefficient (Wildman–Crippen LogP) is 5.16. The summed E-state index contributed by atoms with van der Waals surface area (Å²) in [5, 5.41) is 13.6. The van der Waals surface area contributed by atoms with E-state index in [-0.39, 0.29) is 23.7 Å². The van der Waals surface area contributed by atoms with Gasteiger partial charge in [-0.3, -0.25) is 9.69 Å². The van der Waals surface area contributed by atoms with E-state index in [1.807, 2.05) is 43.0 Å². The number of carbonyl (C=O) groups excluding carboxylic acids is 1. The van der Waals surface area contributed by atoms with Gasteiger partial charge in [-0.05, 0) is 93.3 Å². The van der Waals surface area contributed by atoms with Crippen LogP contribution in [0.1, 0.15) is 52.5 Å². The van der Waals surface area contributed by atoms with Crippen LogP contribution in [-0.2, 0) is 15.1 Å². The number of benzene rings is 2. The minimum Gasteiger partial charge on any atom is -0.508 e. The molecule has 0 bridgehead atoms. The molecule has 2 fully saturated rings. The fourth-order valence-electron chi connectivity index (χ4n) is 4.63. The number of carbonyl (C=O) groups is 1. The standard InChI is InChI=1S/C27H34N2O3/c1-18(2)25-28-27(22-12-13-22,26(31)29(25)14-7-15-32-19(3)4)23-10-5-8-20(16-23)21-9-6-11-24(30)17-21/h5-6,8-11,16-17,19,22,28,30H,7,12-15H2,1-4H3. The maximum Gasteiger partial charge on any atom is 0.258 e. The van der Waals surface area contributed by atoms with Gasteiger partial charge in [0.25, 0.3) is 5.91 Å². The zero-order valence-electron chi connectivity index (χ0n) is 19.5. The molecule has 0 aromatic heterocycles. The Balaban J connectivity index is 1.69. The van der Waals surface area contributed by atoms with Crippen LogP contribution in [-0.4, -0.2) is 35.2 Å². The molecule has 1 unspecified atom stereocenters. The number of ether oxygens (including phenoxy) is 1. The van der Waals surface area contributed by atoms with E-state index < -0.39 is 5.54 Å². The molecule has 1 atom stereocenters. The molecule has 1 aliphatic carbocycles. The van der Waals surface area contributed by atoms with Crippen LogP contribution in [0, 0.1) is 5.92 Å². The van der Waals surface area contributed by atoms with Gasteiger partial charge in [-0.15, -0.1) is 0 Å². The SMILES string of the molecule is CC(C)=C1NC(c2cccc(-c3cccc(O)c3)c2)(C2CC2)C(=O)N1CCCOC(C)C. The van der Waals surface area contributed by atoms with Crippen LogP contribution in [0.25, 0.3) is 11.1 Å². The number of rotatable bonds is 8. The number of phenolic OH excluding ortho intramolecular Hbond substituents is 1. The summed E-state index contributed by atoms with van der Waals surface area (Å²) in [5.74, 6) is 1.57. The number of allylic oxidation sites excluding steroid dienone is 1. The molecular formula is C27H34N2O3. The van der Waals surface area contributed by atoms with Gasteiger partial charge in [0.15, 0.2) is 0 Å². The molecule has 2 aliphatic rings. The molecule has 2 aromatic rings. The Morgan fingerprint density at radius 1 is 1.16 bits per heavy atom. The van der Waals surface area contributed by atoms with Crippen molar-refractivity contribution in [2.45, 2.75) is 58.6 Å². The number of phenols is 1. The minimum atomic E-state index is -0.738. The summed E-state index contributed by atoms with van der Waals surface area (Å²) < 4.78 is 5.71. The van der Waals surface area contributed by atoms with Gasteiger partial charge in [0.05, 0.1) is 6.10 Å². The molecule has 1 saturated heterocycles. The Bertz CT molecular complexity index is 1020. The van der Waals surface area contributed by atoms with Crippen LogP contribution in [0.5, 0.6) is 5.75 Å². The van der Waals surface area contributed by atoms with E-state index in [9.17, 15) is 9.90 Å². The Morgan fingerprint density at radius 3 is 2.47 bits per heavy atom. The van der Waals surface area contributed by atoms with Crippen molar-refractivity contribution in [3.05, 3.63) is 65.5 Å². The van der Waals surface area contributed by atoms with Gasteiger partial charge in [0.1, 0.15) is 17.1 Å². The number of nitrogens with zero attached hydrogens (tertiary/aromatic N) is 1. The van der Waals surface area contributed by atoms with Crippen molar-refractivity contribution in [1.82, 2.24) is 10.2 Å². The molecule has 4 rings (SSSR count). The van der Waals surface area contributed by atoms with E-state index in [1.54, 1.807) is 12.1 Å². The van der Waals surface area contributed by atoms with Crippen LogP contribution >= 0.6 is 0 Å². The molecule has 2 aromatic carbocycles. The number of hydrogen-bond donors (Lipinski definition) is 2. The van der Waals surface area contributed by atoms with Crippen LogP contribution in [0.15, 0.2) is 59.9 Å². The second kappa shape index (κ2) is 8.99. The lowest BCUT2D eigenvalue weighted by Crippen LogP contribution is -2.46. The first kappa shape index (κ1) is 22.4. The molecule has 170 valence electrons. The topological polar surface area (TPSA) is 61.8 Å². The second-order valence-corrected chi connectivity index (χ2v) is 9.42. The van der Waals surface area contributed by atoms with Gasteiger partial charge in [-0.1, -0.05) is 30.3 Å². The number of aromatic hydroxyl groups is 1. The van der Waals surface area contributed by atoms with E-state index in [2.05, 4.69) is 31.3 Å². The molecule has 0 radical (unpaired) electrons. The van der Waals surface area contributed by atoms with E-state index in [0.717, 1.165) is 47.3 Å². The monoisotopic (exact) mass is 434 g/mol. The largest absolute Gasteiger partial charge is 0.508 e. The highest BCUT2D eigenvalue weighted by Crippen LogP contribution is 2.51. The molecule has 1 aliphatic heterocycles. The minimum absolute atomic E-state index is 0.133. The molecule has 1 amide bonds. The van der Waals surface area contributed by atoms with Crippen LogP contribution in [0.3, 0.4) is 0 Å². The van der Waals surface area contributed by atoms with Crippen LogP contribution < -0.4 is 5.32 Å². The quantitative estimate of drug-likeness (QED) is 0.563. The lowest BCUT2D eigenvalue weighted by Gasteiger charge is -2.28. The average Bonchev–Trinajstić information content (AvgIpc) is 3.56. The van der Waals surface area contributed by atoms with Crippen molar-refractivity contribution in [1.29, 1.82) is 0 Å². The van der Waals surface area contributed by atoms with Gasteiger partial charge in [0, 0.05) is 13.2 Å². The van der Waals surface area contributed by atoms with Crippen LogP contribution in [0.4, 0.5) is 0 Å². The molecule has 1 heterocycles. The Morgan fingerprint density at radius 2 is 1.84 bits per heavy atom. The van der Waals surface area contributed by atoms with Crippen molar-refractivity contribution in [2.24, 2.45) is 5.92 Å². The molecule has 5 heteroatoms. The van der Waals surface area contributed by atoms with Crippen molar-refractivity contribution in [3.8, 4) is 16.9 Å². The zero-order valence-corrected chi connectivity index (χ0v) is 19.5. The third-order valence-corrected chi connectivity index (χ3v) is 6.31. The van der Waals surface area contributed by atoms with E-state index in [4.69, 9.17) is 4.74 Å². The molecule has 0 spiro atoms.